The highest BCUT2D eigenvalue weighted by atomic mass is 16.5. The monoisotopic (exact) mass is 276 g/mol. The van der Waals surface area contributed by atoms with E-state index in [2.05, 4.69) is 0 Å². The summed E-state index contributed by atoms with van der Waals surface area (Å²) in [6.07, 6.45) is 2.50. The molecule has 2 amide bonds. The van der Waals surface area contributed by atoms with Crippen LogP contribution in [0.4, 0.5) is 0 Å². The molecular formula is C15H20N2O3. The van der Waals surface area contributed by atoms with Gasteiger partial charge in [-0.1, -0.05) is 12.1 Å². The fourth-order valence-electron chi connectivity index (χ4n) is 2.19. The SMILES string of the molecule is NCc1ccc(OCCN2C(=O)CCCCC2=O)cc1. The Morgan fingerprint density at radius 2 is 1.65 bits per heavy atom. The minimum atomic E-state index is -0.0884. The second kappa shape index (κ2) is 7.05. The number of ether oxygens (including phenoxy) is 1. The van der Waals surface area contributed by atoms with Crippen molar-refractivity contribution in [3.05, 3.63) is 29.8 Å². The summed E-state index contributed by atoms with van der Waals surface area (Å²) in [5, 5.41) is 0. The van der Waals surface area contributed by atoms with Crippen LogP contribution in [-0.4, -0.2) is 29.9 Å². The zero-order valence-corrected chi connectivity index (χ0v) is 11.5. The lowest BCUT2D eigenvalue weighted by molar-refractivity contribution is -0.144. The van der Waals surface area contributed by atoms with Crippen molar-refractivity contribution < 1.29 is 14.3 Å². The number of likely N-dealkylation sites (tertiary alicyclic amines) is 1. The standard InChI is InChI=1S/C15H20N2O3/c16-11-12-5-7-13(8-6-12)20-10-9-17-14(18)3-1-2-4-15(17)19/h5-8H,1-4,9-11,16H2. The summed E-state index contributed by atoms with van der Waals surface area (Å²) in [6.45, 7) is 1.13. The third kappa shape index (κ3) is 3.81. The number of carbonyl (C=O) groups is 2. The van der Waals surface area contributed by atoms with Gasteiger partial charge in [0.2, 0.25) is 11.8 Å². The average molecular weight is 276 g/mol. The molecule has 20 heavy (non-hydrogen) atoms. The molecule has 0 atom stereocenters. The molecule has 5 nitrogen and oxygen atoms in total. The average Bonchev–Trinajstić information content (AvgIpc) is 2.62. The van der Waals surface area contributed by atoms with E-state index in [0.717, 1.165) is 24.2 Å². The first kappa shape index (κ1) is 14.5. The number of nitrogens with two attached hydrogens (primary N) is 1. The van der Waals surface area contributed by atoms with Gasteiger partial charge in [0.1, 0.15) is 12.4 Å². The number of carbonyl (C=O) groups excluding carboxylic acids is 2. The zero-order chi connectivity index (χ0) is 14.4. The second-order valence-electron chi connectivity index (χ2n) is 4.84. The van der Waals surface area contributed by atoms with E-state index in [9.17, 15) is 9.59 Å². The van der Waals surface area contributed by atoms with Gasteiger partial charge in [-0.25, -0.2) is 0 Å². The molecule has 108 valence electrons. The molecule has 1 aromatic rings. The maximum absolute atomic E-state index is 11.8. The van der Waals surface area contributed by atoms with Crippen molar-refractivity contribution in [3.8, 4) is 5.75 Å². The lowest BCUT2D eigenvalue weighted by atomic mass is 10.2. The first-order valence-corrected chi connectivity index (χ1v) is 6.95. The van der Waals surface area contributed by atoms with Gasteiger partial charge in [0.25, 0.3) is 0 Å². The van der Waals surface area contributed by atoms with E-state index in [1.165, 1.54) is 4.90 Å². The molecule has 1 aliphatic heterocycles. The maximum Gasteiger partial charge on any atom is 0.229 e. The van der Waals surface area contributed by atoms with Crippen molar-refractivity contribution in [3.63, 3.8) is 0 Å². The van der Waals surface area contributed by atoms with Gasteiger partial charge in [0.05, 0.1) is 6.54 Å². The van der Waals surface area contributed by atoms with Crippen molar-refractivity contribution >= 4 is 11.8 Å². The van der Waals surface area contributed by atoms with Gasteiger partial charge >= 0.3 is 0 Å². The van der Waals surface area contributed by atoms with Crippen LogP contribution in [0, 0.1) is 0 Å². The molecule has 1 fully saturated rings. The number of hydrogen-bond donors (Lipinski definition) is 1. The molecule has 0 unspecified atom stereocenters. The molecule has 0 bridgehead atoms. The predicted molar refractivity (Wildman–Crippen MR) is 75.0 cm³/mol. The molecule has 5 heteroatoms. The summed E-state index contributed by atoms with van der Waals surface area (Å²) >= 11 is 0. The number of benzene rings is 1. The Morgan fingerprint density at radius 3 is 2.20 bits per heavy atom. The quantitative estimate of drug-likeness (QED) is 0.826. The van der Waals surface area contributed by atoms with Crippen LogP contribution in [0.25, 0.3) is 0 Å². The Bertz CT molecular complexity index is 453. The van der Waals surface area contributed by atoms with Crippen molar-refractivity contribution in [1.29, 1.82) is 0 Å². The Hall–Kier alpha value is -1.88. The lowest BCUT2D eigenvalue weighted by Gasteiger charge is -2.18. The van der Waals surface area contributed by atoms with Crippen LogP contribution < -0.4 is 10.5 Å². The summed E-state index contributed by atoms with van der Waals surface area (Å²) in [5.74, 6) is 0.543. The summed E-state index contributed by atoms with van der Waals surface area (Å²) in [5.41, 5.74) is 6.56. The Balaban J connectivity index is 1.84. The minimum Gasteiger partial charge on any atom is -0.492 e. The summed E-state index contributed by atoms with van der Waals surface area (Å²) in [6, 6.07) is 7.48. The van der Waals surface area contributed by atoms with Gasteiger partial charge in [-0.2, -0.15) is 0 Å². The van der Waals surface area contributed by atoms with Crippen molar-refractivity contribution in [2.24, 2.45) is 5.73 Å². The molecule has 0 spiro atoms. The van der Waals surface area contributed by atoms with Crippen molar-refractivity contribution in [2.75, 3.05) is 13.2 Å². The first-order chi connectivity index (χ1) is 9.70. The van der Waals surface area contributed by atoms with Gasteiger partial charge < -0.3 is 10.5 Å². The molecule has 1 saturated heterocycles. The molecule has 2 rings (SSSR count). The fourth-order valence-corrected chi connectivity index (χ4v) is 2.19. The topological polar surface area (TPSA) is 72.6 Å². The molecule has 1 aromatic carbocycles. The maximum atomic E-state index is 11.8. The lowest BCUT2D eigenvalue weighted by Crippen LogP contribution is -2.38. The summed E-state index contributed by atoms with van der Waals surface area (Å²) < 4.78 is 5.56. The molecule has 1 heterocycles. The van der Waals surface area contributed by atoms with Crippen LogP contribution in [-0.2, 0) is 16.1 Å². The summed E-state index contributed by atoms with van der Waals surface area (Å²) in [4.78, 5) is 24.9. The van der Waals surface area contributed by atoms with Crippen LogP contribution in [0.5, 0.6) is 5.75 Å². The van der Waals surface area contributed by atoms with E-state index in [1.54, 1.807) is 0 Å². The third-order valence-corrected chi connectivity index (χ3v) is 3.38. The van der Waals surface area contributed by atoms with Crippen LogP contribution >= 0.6 is 0 Å². The number of amides is 2. The molecule has 0 radical (unpaired) electrons. The molecule has 0 saturated carbocycles. The number of rotatable bonds is 5. The Labute approximate surface area is 118 Å². The van der Waals surface area contributed by atoms with Crippen molar-refractivity contribution in [2.45, 2.75) is 32.2 Å². The van der Waals surface area contributed by atoms with E-state index in [1.807, 2.05) is 24.3 Å². The number of nitrogens with zero attached hydrogens (tertiary/aromatic N) is 1. The Morgan fingerprint density at radius 1 is 1.05 bits per heavy atom. The zero-order valence-electron chi connectivity index (χ0n) is 11.5. The largest absolute Gasteiger partial charge is 0.492 e. The highest BCUT2D eigenvalue weighted by molar-refractivity contribution is 5.95. The van der Waals surface area contributed by atoms with Crippen molar-refractivity contribution in [1.82, 2.24) is 4.90 Å². The normalized spacial score (nSPS) is 16.1. The smallest absolute Gasteiger partial charge is 0.229 e. The van der Waals surface area contributed by atoms with Crippen LogP contribution in [0.3, 0.4) is 0 Å². The fraction of sp³-hybridized carbons (Fsp3) is 0.467. The second-order valence-corrected chi connectivity index (χ2v) is 4.84. The minimum absolute atomic E-state index is 0.0884. The van der Waals surface area contributed by atoms with E-state index in [0.29, 0.717) is 32.5 Å². The molecular weight excluding hydrogens is 256 g/mol. The Kier molecular flexibility index (Phi) is 5.12. The third-order valence-electron chi connectivity index (χ3n) is 3.38. The predicted octanol–water partition coefficient (Wildman–Crippen LogP) is 1.45. The van der Waals surface area contributed by atoms with Gasteiger partial charge in [-0.15, -0.1) is 0 Å². The van der Waals surface area contributed by atoms with Crippen LogP contribution in [0.15, 0.2) is 24.3 Å². The first-order valence-electron chi connectivity index (χ1n) is 6.95. The van der Waals surface area contributed by atoms with E-state index in [-0.39, 0.29) is 11.8 Å². The van der Waals surface area contributed by atoms with E-state index in [4.69, 9.17) is 10.5 Å². The molecule has 1 aliphatic rings. The highest BCUT2D eigenvalue weighted by Gasteiger charge is 2.23. The number of hydrogen-bond acceptors (Lipinski definition) is 4. The van der Waals surface area contributed by atoms with Gasteiger partial charge in [-0.05, 0) is 30.5 Å². The molecule has 0 aromatic heterocycles. The van der Waals surface area contributed by atoms with Gasteiger partial charge in [0, 0.05) is 19.4 Å². The van der Waals surface area contributed by atoms with Gasteiger partial charge in [-0.3, -0.25) is 14.5 Å². The van der Waals surface area contributed by atoms with E-state index >= 15 is 0 Å². The summed E-state index contributed by atoms with van der Waals surface area (Å²) in [7, 11) is 0. The molecule has 0 aliphatic carbocycles. The van der Waals surface area contributed by atoms with Gasteiger partial charge in [0.15, 0.2) is 0 Å². The highest BCUT2D eigenvalue weighted by Crippen LogP contribution is 2.14. The molecule has 2 N–H and O–H groups in total. The van der Waals surface area contributed by atoms with E-state index < -0.39 is 0 Å². The van der Waals surface area contributed by atoms with Crippen LogP contribution in [0.1, 0.15) is 31.2 Å². The van der Waals surface area contributed by atoms with Crippen LogP contribution in [0.2, 0.25) is 0 Å². The number of imide groups is 1.